The van der Waals surface area contributed by atoms with Crippen LogP contribution in [0.15, 0.2) is 40.8 Å². The van der Waals surface area contributed by atoms with Crippen LogP contribution in [0.3, 0.4) is 0 Å². The maximum Gasteiger partial charge on any atom is 0.228 e. The Morgan fingerprint density at radius 1 is 1.17 bits per heavy atom. The number of nitrogens with two attached hydrogens (primary N) is 1. The number of hydrogen-bond donors (Lipinski definition) is 1. The lowest BCUT2D eigenvalue weighted by Crippen LogP contribution is -1.85. The molecule has 0 aliphatic heterocycles. The summed E-state index contributed by atoms with van der Waals surface area (Å²) in [6, 6.07) is 9.22. The number of benzene rings is 2. The van der Waals surface area contributed by atoms with Crippen LogP contribution in [0.1, 0.15) is 0 Å². The molecule has 0 atom stereocenters. The van der Waals surface area contributed by atoms with Crippen LogP contribution in [0.25, 0.3) is 22.6 Å². The van der Waals surface area contributed by atoms with Crippen molar-refractivity contribution in [2.45, 2.75) is 0 Å². The predicted octanol–water partition coefficient (Wildman–Crippen LogP) is 3.87. The molecule has 0 bridgehead atoms. The fraction of sp³-hybridized carbons (Fsp3) is 0. The van der Waals surface area contributed by atoms with Gasteiger partial charge in [0.1, 0.15) is 11.3 Å². The predicted molar refractivity (Wildman–Crippen MR) is 68.8 cm³/mol. The number of hydrogen-bond acceptors (Lipinski definition) is 3. The molecule has 0 saturated heterocycles. The molecule has 0 radical (unpaired) electrons. The lowest BCUT2D eigenvalue weighted by atomic mass is 10.2. The van der Waals surface area contributed by atoms with Crippen molar-refractivity contribution in [3.63, 3.8) is 0 Å². The molecule has 1 aromatic heterocycles. The number of oxazole rings is 1. The van der Waals surface area contributed by atoms with E-state index < -0.39 is 0 Å². The molecule has 18 heavy (non-hydrogen) atoms. The molecular formula is C13H8ClFN2O. The Labute approximate surface area is 107 Å². The van der Waals surface area contributed by atoms with E-state index in [9.17, 15) is 4.39 Å². The maximum absolute atomic E-state index is 13.1. The molecular weight excluding hydrogens is 255 g/mol. The van der Waals surface area contributed by atoms with E-state index in [2.05, 4.69) is 4.98 Å². The van der Waals surface area contributed by atoms with Gasteiger partial charge < -0.3 is 10.2 Å². The zero-order valence-electron chi connectivity index (χ0n) is 9.15. The average molecular weight is 263 g/mol. The Morgan fingerprint density at radius 2 is 2.00 bits per heavy atom. The number of nitrogens with zero attached hydrogens (tertiary/aromatic N) is 1. The second-order valence-corrected chi connectivity index (χ2v) is 4.28. The molecule has 0 saturated carbocycles. The third-order valence-corrected chi connectivity index (χ3v) is 2.89. The molecule has 2 aromatic carbocycles. The first-order chi connectivity index (χ1) is 8.63. The average Bonchev–Trinajstić information content (AvgIpc) is 2.71. The number of aromatic nitrogens is 1. The van der Waals surface area contributed by atoms with Gasteiger partial charge in [-0.05, 0) is 30.3 Å². The van der Waals surface area contributed by atoms with Gasteiger partial charge in [-0.3, -0.25) is 0 Å². The van der Waals surface area contributed by atoms with E-state index in [4.69, 9.17) is 21.8 Å². The summed E-state index contributed by atoms with van der Waals surface area (Å²) in [5, 5.41) is 0.446. The lowest BCUT2D eigenvalue weighted by Gasteiger charge is -1.99. The number of anilines is 1. The normalized spacial score (nSPS) is 11.0. The van der Waals surface area contributed by atoms with Gasteiger partial charge in [0.2, 0.25) is 5.89 Å². The van der Waals surface area contributed by atoms with Crippen molar-refractivity contribution < 1.29 is 8.81 Å². The van der Waals surface area contributed by atoms with E-state index in [1.807, 2.05) is 0 Å². The van der Waals surface area contributed by atoms with Gasteiger partial charge in [-0.15, -0.1) is 0 Å². The summed E-state index contributed by atoms with van der Waals surface area (Å²) in [6.07, 6.45) is 0. The Kier molecular flexibility index (Phi) is 2.45. The van der Waals surface area contributed by atoms with Gasteiger partial charge in [0.25, 0.3) is 0 Å². The molecule has 1 heterocycles. The zero-order chi connectivity index (χ0) is 12.7. The third-order valence-electron chi connectivity index (χ3n) is 2.57. The van der Waals surface area contributed by atoms with Crippen molar-refractivity contribution in [2.75, 3.05) is 5.73 Å². The monoisotopic (exact) mass is 262 g/mol. The van der Waals surface area contributed by atoms with Gasteiger partial charge in [0.15, 0.2) is 5.58 Å². The Balaban J connectivity index is 2.19. The van der Waals surface area contributed by atoms with E-state index >= 15 is 0 Å². The third kappa shape index (κ3) is 1.80. The molecule has 0 amide bonds. The quantitative estimate of drug-likeness (QED) is 0.677. The van der Waals surface area contributed by atoms with Crippen LogP contribution in [0.4, 0.5) is 10.1 Å². The van der Waals surface area contributed by atoms with E-state index in [-0.39, 0.29) is 5.82 Å². The molecule has 3 nitrogen and oxygen atoms in total. The van der Waals surface area contributed by atoms with Gasteiger partial charge >= 0.3 is 0 Å². The summed E-state index contributed by atoms with van der Waals surface area (Å²) >= 11 is 6.07. The Bertz CT molecular complexity index is 739. The molecule has 0 aliphatic rings. The van der Waals surface area contributed by atoms with E-state index in [1.165, 1.54) is 12.1 Å². The van der Waals surface area contributed by atoms with Gasteiger partial charge in [-0.2, -0.15) is 0 Å². The number of fused-ring (bicyclic) bond motifs is 1. The van der Waals surface area contributed by atoms with Crippen molar-refractivity contribution in [3.8, 4) is 11.5 Å². The van der Waals surface area contributed by atoms with Crippen molar-refractivity contribution >= 4 is 28.4 Å². The second kappa shape index (κ2) is 3.99. The molecule has 0 aliphatic carbocycles. The first-order valence-corrected chi connectivity index (χ1v) is 5.63. The van der Waals surface area contributed by atoms with E-state index in [1.54, 1.807) is 24.3 Å². The summed E-state index contributed by atoms with van der Waals surface area (Å²) in [7, 11) is 0. The van der Waals surface area contributed by atoms with Crippen LogP contribution in [-0.2, 0) is 0 Å². The van der Waals surface area contributed by atoms with Crippen LogP contribution in [0.5, 0.6) is 0 Å². The number of halogens is 2. The largest absolute Gasteiger partial charge is 0.436 e. The fourth-order valence-corrected chi connectivity index (χ4v) is 1.99. The zero-order valence-corrected chi connectivity index (χ0v) is 9.91. The van der Waals surface area contributed by atoms with Gasteiger partial charge in [-0.25, -0.2) is 9.37 Å². The minimum Gasteiger partial charge on any atom is -0.436 e. The second-order valence-electron chi connectivity index (χ2n) is 3.87. The van der Waals surface area contributed by atoms with Crippen LogP contribution in [0, 0.1) is 5.82 Å². The minimum absolute atomic E-state index is 0.348. The molecule has 2 N–H and O–H groups in total. The first-order valence-electron chi connectivity index (χ1n) is 5.25. The minimum atomic E-state index is -0.367. The molecule has 3 rings (SSSR count). The Hall–Kier alpha value is -2.07. The van der Waals surface area contributed by atoms with Crippen LogP contribution < -0.4 is 5.73 Å². The summed E-state index contributed by atoms with van der Waals surface area (Å²) in [5.74, 6) is -0.0193. The molecule has 5 heteroatoms. The summed E-state index contributed by atoms with van der Waals surface area (Å²) < 4.78 is 18.5. The van der Waals surface area contributed by atoms with Crippen molar-refractivity contribution in [1.29, 1.82) is 0 Å². The number of nitrogen functional groups attached to an aromatic ring is 1. The van der Waals surface area contributed by atoms with Gasteiger partial charge in [0, 0.05) is 11.8 Å². The lowest BCUT2D eigenvalue weighted by molar-refractivity contribution is 0.602. The van der Waals surface area contributed by atoms with Crippen molar-refractivity contribution in [1.82, 2.24) is 4.98 Å². The highest BCUT2D eigenvalue weighted by molar-refractivity contribution is 6.33. The number of rotatable bonds is 1. The molecule has 0 fully saturated rings. The highest BCUT2D eigenvalue weighted by Crippen LogP contribution is 2.31. The van der Waals surface area contributed by atoms with Gasteiger partial charge in [-0.1, -0.05) is 11.6 Å². The van der Waals surface area contributed by atoms with Gasteiger partial charge in [0.05, 0.1) is 10.6 Å². The highest BCUT2D eigenvalue weighted by Gasteiger charge is 2.12. The van der Waals surface area contributed by atoms with Crippen LogP contribution >= 0.6 is 11.6 Å². The molecule has 0 unspecified atom stereocenters. The molecule has 0 spiro atoms. The molecule has 3 aromatic rings. The fourth-order valence-electron chi connectivity index (χ4n) is 1.72. The summed E-state index contributed by atoms with van der Waals surface area (Å²) in [5.41, 5.74) is 7.77. The van der Waals surface area contributed by atoms with Crippen LogP contribution in [0.2, 0.25) is 5.02 Å². The highest BCUT2D eigenvalue weighted by atomic mass is 35.5. The smallest absolute Gasteiger partial charge is 0.228 e. The Morgan fingerprint density at radius 3 is 2.78 bits per heavy atom. The van der Waals surface area contributed by atoms with Crippen molar-refractivity contribution in [3.05, 3.63) is 47.2 Å². The van der Waals surface area contributed by atoms with E-state index in [0.29, 0.717) is 33.3 Å². The first kappa shape index (κ1) is 11.0. The van der Waals surface area contributed by atoms with Crippen LogP contribution in [-0.4, -0.2) is 4.98 Å². The summed E-state index contributed by atoms with van der Waals surface area (Å²) in [4.78, 5) is 4.26. The molecule has 90 valence electrons. The van der Waals surface area contributed by atoms with Crippen molar-refractivity contribution in [2.24, 2.45) is 0 Å². The standard InChI is InChI=1S/C13H8ClFN2O/c14-10-6-8(16)2-3-9(10)13-17-11-4-1-7(15)5-12(11)18-13/h1-6H,16H2. The topological polar surface area (TPSA) is 52.0 Å². The summed E-state index contributed by atoms with van der Waals surface area (Å²) in [6.45, 7) is 0. The van der Waals surface area contributed by atoms with E-state index in [0.717, 1.165) is 0 Å². The SMILES string of the molecule is Nc1ccc(-c2nc3ccc(F)cc3o2)c(Cl)c1. The maximum atomic E-state index is 13.1.